The molecule has 206 valence electrons. The summed E-state index contributed by atoms with van der Waals surface area (Å²) in [4.78, 5) is 2.32. The molecule has 0 amide bonds. The highest BCUT2D eigenvalue weighted by Crippen LogP contribution is 2.41. The molecule has 8 aromatic carbocycles. The molecule has 44 heavy (non-hydrogen) atoms. The van der Waals surface area contributed by atoms with Gasteiger partial charge >= 0.3 is 0 Å². The maximum absolute atomic E-state index is 6.14. The lowest BCUT2D eigenvalue weighted by molar-refractivity contribution is 0.669. The zero-order chi connectivity index (χ0) is 29.0. The van der Waals surface area contributed by atoms with Crippen molar-refractivity contribution in [1.82, 2.24) is 0 Å². The fourth-order valence-electron chi connectivity index (χ4n) is 6.77. The number of furan rings is 1. The summed E-state index contributed by atoms with van der Waals surface area (Å²) >= 11 is 0. The first-order valence-electron chi connectivity index (χ1n) is 15.0. The van der Waals surface area contributed by atoms with Crippen molar-refractivity contribution in [3.63, 3.8) is 0 Å². The SMILES string of the molecule is c1ccc(N(c2ccc(-c3cc4c5ccccc5ccc4c4ccccc34)cc2)c2ccc3oc4ccccc4c3c2)cc1. The van der Waals surface area contributed by atoms with E-state index in [2.05, 4.69) is 157 Å². The van der Waals surface area contributed by atoms with E-state index in [1.807, 2.05) is 12.1 Å². The molecule has 2 nitrogen and oxygen atoms in total. The highest BCUT2D eigenvalue weighted by molar-refractivity contribution is 6.21. The molecule has 0 spiro atoms. The summed E-state index contributed by atoms with van der Waals surface area (Å²) in [5.41, 5.74) is 7.54. The Bertz CT molecular complexity index is 2490. The van der Waals surface area contributed by atoms with Crippen LogP contribution in [0.2, 0.25) is 0 Å². The number of hydrogen-bond donors (Lipinski definition) is 0. The van der Waals surface area contributed by atoms with E-state index >= 15 is 0 Å². The van der Waals surface area contributed by atoms with Gasteiger partial charge in [-0.05, 0) is 98.0 Å². The fraction of sp³-hybridized carbons (Fsp3) is 0. The lowest BCUT2D eigenvalue weighted by Crippen LogP contribution is -2.09. The molecule has 0 aliphatic heterocycles. The third kappa shape index (κ3) is 3.89. The van der Waals surface area contributed by atoms with Crippen LogP contribution in [-0.2, 0) is 0 Å². The topological polar surface area (TPSA) is 16.4 Å². The van der Waals surface area contributed by atoms with Crippen LogP contribution in [0.1, 0.15) is 0 Å². The van der Waals surface area contributed by atoms with E-state index in [-0.39, 0.29) is 0 Å². The number of fused-ring (bicyclic) bond motifs is 8. The Morgan fingerprint density at radius 3 is 1.80 bits per heavy atom. The fourth-order valence-corrected chi connectivity index (χ4v) is 6.77. The summed E-state index contributed by atoms with van der Waals surface area (Å²) in [5.74, 6) is 0. The number of nitrogens with zero attached hydrogens (tertiary/aromatic N) is 1. The quantitative estimate of drug-likeness (QED) is 0.199. The minimum atomic E-state index is 0.897. The van der Waals surface area contributed by atoms with Crippen LogP contribution in [0.3, 0.4) is 0 Å². The maximum atomic E-state index is 6.14. The van der Waals surface area contributed by atoms with Gasteiger partial charge < -0.3 is 9.32 Å². The Kier molecular flexibility index (Phi) is 5.54. The predicted molar refractivity (Wildman–Crippen MR) is 186 cm³/mol. The Labute approximate surface area is 255 Å². The molecular weight excluding hydrogens is 534 g/mol. The molecule has 0 saturated carbocycles. The van der Waals surface area contributed by atoms with Crippen LogP contribution in [0.15, 0.2) is 168 Å². The molecule has 0 unspecified atom stereocenters. The summed E-state index contributed by atoms with van der Waals surface area (Å²) in [6.07, 6.45) is 0. The van der Waals surface area contributed by atoms with Gasteiger partial charge in [0.1, 0.15) is 11.2 Å². The van der Waals surface area contributed by atoms with E-state index in [9.17, 15) is 0 Å². The number of benzene rings is 8. The second-order valence-corrected chi connectivity index (χ2v) is 11.3. The van der Waals surface area contributed by atoms with Gasteiger partial charge in [0.25, 0.3) is 0 Å². The number of rotatable bonds is 4. The van der Waals surface area contributed by atoms with Crippen molar-refractivity contribution in [2.24, 2.45) is 0 Å². The first-order valence-corrected chi connectivity index (χ1v) is 15.0. The van der Waals surface area contributed by atoms with Gasteiger partial charge in [0, 0.05) is 27.8 Å². The van der Waals surface area contributed by atoms with Crippen LogP contribution in [0.4, 0.5) is 17.1 Å². The molecule has 0 fully saturated rings. The lowest BCUT2D eigenvalue weighted by atomic mass is 9.91. The van der Waals surface area contributed by atoms with Crippen molar-refractivity contribution in [1.29, 1.82) is 0 Å². The van der Waals surface area contributed by atoms with Crippen molar-refractivity contribution >= 4 is 71.3 Å². The molecule has 0 bridgehead atoms. The van der Waals surface area contributed by atoms with Gasteiger partial charge in [-0.1, -0.05) is 109 Å². The van der Waals surface area contributed by atoms with E-state index in [4.69, 9.17) is 4.42 Å². The minimum Gasteiger partial charge on any atom is -0.456 e. The standard InChI is InChI=1S/C42H27NO/c1-2-11-30(12-3-1)43(32-23-25-42-40(26-32)37-16-8-9-17-41(37)44-42)31-21-18-29(19-22-31)38-27-39-33-13-5-4-10-28(33)20-24-36(39)34-14-6-7-15-35(34)38/h1-27H. The third-order valence-electron chi connectivity index (χ3n) is 8.84. The summed E-state index contributed by atoms with van der Waals surface area (Å²) in [6.45, 7) is 0. The molecule has 1 aromatic heterocycles. The van der Waals surface area contributed by atoms with Gasteiger partial charge in [-0.15, -0.1) is 0 Å². The normalized spacial score (nSPS) is 11.6. The number of para-hydroxylation sites is 2. The monoisotopic (exact) mass is 561 g/mol. The Hall–Kier alpha value is -5.86. The van der Waals surface area contributed by atoms with Crippen LogP contribution < -0.4 is 4.90 Å². The van der Waals surface area contributed by atoms with Crippen LogP contribution >= 0.6 is 0 Å². The minimum absolute atomic E-state index is 0.897. The maximum Gasteiger partial charge on any atom is 0.135 e. The predicted octanol–water partition coefficient (Wildman–Crippen LogP) is 12.2. The Morgan fingerprint density at radius 2 is 0.955 bits per heavy atom. The van der Waals surface area contributed by atoms with E-state index in [1.54, 1.807) is 0 Å². The molecule has 9 rings (SSSR count). The van der Waals surface area contributed by atoms with Crippen LogP contribution in [0.25, 0.3) is 65.4 Å². The molecular formula is C42H27NO. The molecule has 0 radical (unpaired) electrons. The summed E-state index contributed by atoms with van der Waals surface area (Å²) in [5, 5.41) is 9.91. The van der Waals surface area contributed by atoms with Crippen LogP contribution in [0, 0.1) is 0 Å². The van der Waals surface area contributed by atoms with Gasteiger partial charge in [-0.25, -0.2) is 0 Å². The van der Waals surface area contributed by atoms with E-state index in [0.29, 0.717) is 0 Å². The summed E-state index contributed by atoms with van der Waals surface area (Å²) < 4.78 is 6.14. The second kappa shape index (κ2) is 9.86. The largest absolute Gasteiger partial charge is 0.456 e. The number of anilines is 3. The van der Waals surface area contributed by atoms with Crippen molar-refractivity contribution < 1.29 is 4.42 Å². The average Bonchev–Trinajstić information content (AvgIpc) is 3.47. The summed E-state index contributed by atoms with van der Waals surface area (Å²) in [7, 11) is 0. The highest BCUT2D eigenvalue weighted by atomic mass is 16.3. The smallest absolute Gasteiger partial charge is 0.135 e. The van der Waals surface area contributed by atoms with Gasteiger partial charge in [-0.2, -0.15) is 0 Å². The zero-order valence-corrected chi connectivity index (χ0v) is 23.9. The Morgan fingerprint density at radius 1 is 0.341 bits per heavy atom. The van der Waals surface area contributed by atoms with Gasteiger partial charge in [0.05, 0.1) is 0 Å². The first kappa shape index (κ1) is 24.7. The van der Waals surface area contributed by atoms with Gasteiger partial charge in [0.15, 0.2) is 0 Å². The molecule has 0 aliphatic rings. The lowest BCUT2D eigenvalue weighted by Gasteiger charge is -2.26. The first-order chi connectivity index (χ1) is 21.8. The Balaban J connectivity index is 1.21. The van der Waals surface area contributed by atoms with Crippen molar-refractivity contribution in [2.45, 2.75) is 0 Å². The van der Waals surface area contributed by atoms with Crippen molar-refractivity contribution in [3.8, 4) is 11.1 Å². The molecule has 0 saturated heterocycles. The molecule has 0 atom stereocenters. The van der Waals surface area contributed by atoms with E-state index in [0.717, 1.165) is 39.0 Å². The van der Waals surface area contributed by atoms with Gasteiger partial charge in [0.2, 0.25) is 0 Å². The number of hydrogen-bond acceptors (Lipinski definition) is 2. The van der Waals surface area contributed by atoms with Crippen molar-refractivity contribution in [3.05, 3.63) is 164 Å². The highest BCUT2D eigenvalue weighted by Gasteiger charge is 2.16. The zero-order valence-electron chi connectivity index (χ0n) is 23.9. The van der Waals surface area contributed by atoms with E-state index in [1.165, 1.54) is 43.4 Å². The molecule has 2 heteroatoms. The molecule has 9 aromatic rings. The van der Waals surface area contributed by atoms with Gasteiger partial charge in [-0.3, -0.25) is 0 Å². The average molecular weight is 562 g/mol. The summed E-state index contributed by atoms with van der Waals surface area (Å²) in [6, 6.07) is 58.6. The van der Waals surface area contributed by atoms with Crippen LogP contribution in [0.5, 0.6) is 0 Å². The second-order valence-electron chi connectivity index (χ2n) is 11.3. The molecule has 0 N–H and O–H groups in total. The van der Waals surface area contributed by atoms with Crippen LogP contribution in [-0.4, -0.2) is 0 Å². The third-order valence-corrected chi connectivity index (χ3v) is 8.84. The molecule has 0 aliphatic carbocycles. The van der Waals surface area contributed by atoms with Crippen molar-refractivity contribution in [2.75, 3.05) is 4.90 Å². The van der Waals surface area contributed by atoms with E-state index < -0.39 is 0 Å². The molecule has 1 heterocycles.